The first-order chi connectivity index (χ1) is 14.4. The molecule has 0 bridgehead atoms. The van der Waals surface area contributed by atoms with Crippen LogP contribution in [0.3, 0.4) is 0 Å². The molecule has 1 atom stereocenters. The van der Waals surface area contributed by atoms with Gasteiger partial charge in [-0.05, 0) is 37.1 Å². The van der Waals surface area contributed by atoms with Crippen molar-refractivity contribution in [2.24, 2.45) is 5.41 Å². The molecular weight excluding hydrogens is 382 g/mol. The van der Waals surface area contributed by atoms with Crippen LogP contribution < -0.4 is 9.64 Å². The van der Waals surface area contributed by atoms with Crippen molar-refractivity contribution in [1.82, 2.24) is 19.6 Å². The summed E-state index contributed by atoms with van der Waals surface area (Å²) >= 11 is 0. The number of aromatic nitrogens is 2. The number of anilines is 1. The Hall–Kier alpha value is -2.87. The number of hydrogen-bond acceptors (Lipinski definition) is 5. The molecule has 0 saturated carbocycles. The molecule has 1 aromatic carbocycles. The minimum Gasteiger partial charge on any atom is -0.497 e. The number of nitrogens with zero attached hydrogens (tertiary/aromatic N) is 5. The molecule has 2 amide bonds. The molecule has 2 saturated heterocycles. The van der Waals surface area contributed by atoms with Crippen LogP contribution in [0.1, 0.15) is 25.3 Å². The summed E-state index contributed by atoms with van der Waals surface area (Å²) in [5, 5.41) is 4.18. The molecule has 0 radical (unpaired) electrons. The highest BCUT2D eigenvalue weighted by Crippen LogP contribution is 2.40. The maximum Gasteiger partial charge on any atom is 0.344 e. The third kappa shape index (κ3) is 4.05. The lowest BCUT2D eigenvalue weighted by molar-refractivity contribution is -0.116. The molecule has 3 heterocycles. The van der Waals surface area contributed by atoms with E-state index < -0.39 is 0 Å². The Balaban J connectivity index is 1.37. The maximum absolute atomic E-state index is 12.9. The van der Waals surface area contributed by atoms with Crippen LogP contribution in [0.25, 0.3) is 0 Å². The van der Waals surface area contributed by atoms with Gasteiger partial charge < -0.3 is 14.5 Å². The van der Waals surface area contributed by atoms with E-state index in [0.717, 1.165) is 51.3 Å². The Morgan fingerprint density at radius 1 is 1.23 bits per heavy atom. The van der Waals surface area contributed by atoms with Gasteiger partial charge in [0.15, 0.2) is 0 Å². The van der Waals surface area contributed by atoms with Crippen molar-refractivity contribution in [3.8, 4) is 5.75 Å². The predicted molar refractivity (Wildman–Crippen MR) is 114 cm³/mol. The quantitative estimate of drug-likeness (QED) is 0.773. The first-order valence-electron chi connectivity index (χ1n) is 10.3. The third-order valence-electron chi connectivity index (χ3n) is 6.39. The lowest BCUT2D eigenvalue weighted by atomic mass is 9.86. The number of ether oxygens (including phenoxy) is 1. The SMILES string of the molecule is COc1cccc(CN2CCC3(CCN(C(=O)n4cc(N(C)C(C)=O)cn4)C3)C2)c1. The first-order valence-corrected chi connectivity index (χ1v) is 10.3. The Morgan fingerprint density at radius 2 is 2.03 bits per heavy atom. The van der Waals surface area contributed by atoms with Crippen LogP contribution in [-0.4, -0.2) is 71.9 Å². The number of carbonyl (C=O) groups is 2. The molecule has 8 nitrogen and oxygen atoms in total. The van der Waals surface area contributed by atoms with Gasteiger partial charge in [-0.3, -0.25) is 9.69 Å². The van der Waals surface area contributed by atoms with Gasteiger partial charge in [-0.25, -0.2) is 4.79 Å². The highest BCUT2D eigenvalue weighted by Gasteiger charge is 2.45. The van der Waals surface area contributed by atoms with Crippen LogP contribution in [-0.2, 0) is 11.3 Å². The number of amides is 2. The van der Waals surface area contributed by atoms with E-state index in [4.69, 9.17) is 4.74 Å². The van der Waals surface area contributed by atoms with E-state index in [1.54, 1.807) is 26.6 Å². The zero-order valence-corrected chi connectivity index (χ0v) is 17.9. The molecule has 0 aliphatic carbocycles. The maximum atomic E-state index is 12.9. The summed E-state index contributed by atoms with van der Waals surface area (Å²) in [4.78, 5) is 30.3. The molecular formula is C22H29N5O3. The van der Waals surface area contributed by atoms with Gasteiger partial charge in [-0.2, -0.15) is 9.78 Å². The van der Waals surface area contributed by atoms with Crippen LogP contribution in [0.4, 0.5) is 10.5 Å². The summed E-state index contributed by atoms with van der Waals surface area (Å²) in [5.41, 5.74) is 2.02. The van der Waals surface area contributed by atoms with E-state index in [2.05, 4.69) is 22.1 Å². The summed E-state index contributed by atoms with van der Waals surface area (Å²) in [5.74, 6) is 0.789. The monoisotopic (exact) mass is 411 g/mol. The summed E-state index contributed by atoms with van der Waals surface area (Å²) in [6.45, 7) is 5.90. The van der Waals surface area contributed by atoms with Crippen LogP contribution in [0.2, 0.25) is 0 Å². The van der Waals surface area contributed by atoms with Crippen molar-refractivity contribution in [2.45, 2.75) is 26.3 Å². The summed E-state index contributed by atoms with van der Waals surface area (Å²) in [6.07, 6.45) is 5.28. The highest BCUT2D eigenvalue weighted by molar-refractivity contribution is 5.91. The van der Waals surface area contributed by atoms with Gasteiger partial charge in [-0.1, -0.05) is 12.1 Å². The zero-order chi connectivity index (χ0) is 21.3. The van der Waals surface area contributed by atoms with Gasteiger partial charge in [-0.15, -0.1) is 0 Å². The summed E-state index contributed by atoms with van der Waals surface area (Å²) in [7, 11) is 3.36. The second-order valence-electron chi connectivity index (χ2n) is 8.49. The molecule has 30 heavy (non-hydrogen) atoms. The number of benzene rings is 1. The van der Waals surface area contributed by atoms with Crippen LogP contribution in [0.15, 0.2) is 36.7 Å². The van der Waals surface area contributed by atoms with Crippen molar-refractivity contribution in [2.75, 3.05) is 45.2 Å². The molecule has 8 heteroatoms. The molecule has 1 spiro atoms. The van der Waals surface area contributed by atoms with Crippen LogP contribution in [0.5, 0.6) is 5.75 Å². The second-order valence-corrected chi connectivity index (χ2v) is 8.49. The van der Waals surface area contributed by atoms with Crippen molar-refractivity contribution in [1.29, 1.82) is 0 Å². The van der Waals surface area contributed by atoms with Gasteiger partial charge in [0.1, 0.15) is 5.75 Å². The van der Waals surface area contributed by atoms with Crippen molar-refractivity contribution < 1.29 is 14.3 Å². The molecule has 0 N–H and O–H groups in total. The Morgan fingerprint density at radius 3 is 2.80 bits per heavy atom. The molecule has 2 aromatic rings. The van der Waals surface area contributed by atoms with Gasteiger partial charge >= 0.3 is 6.03 Å². The molecule has 160 valence electrons. The minimum absolute atomic E-state index is 0.0933. The minimum atomic E-state index is -0.124. The Labute approximate surface area is 177 Å². The van der Waals surface area contributed by atoms with Crippen LogP contribution >= 0.6 is 0 Å². The van der Waals surface area contributed by atoms with Crippen molar-refractivity contribution in [3.05, 3.63) is 42.2 Å². The number of rotatable bonds is 4. The summed E-state index contributed by atoms with van der Waals surface area (Å²) < 4.78 is 6.68. The molecule has 2 fully saturated rings. The number of likely N-dealkylation sites (tertiary alicyclic amines) is 2. The smallest absolute Gasteiger partial charge is 0.344 e. The van der Waals surface area contributed by atoms with E-state index in [0.29, 0.717) is 5.69 Å². The van der Waals surface area contributed by atoms with Gasteiger partial charge in [0.25, 0.3) is 0 Å². The third-order valence-corrected chi connectivity index (χ3v) is 6.39. The Bertz CT molecular complexity index is 942. The van der Waals surface area contributed by atoms with Crippen molar-refractivity contribution >= 4 is 17.6 Å². The number of methoxy groups -OCH3 is 1. The molecule has 2 aliphatic heterocycles. The fourth-order valence-electron chi connectivity index (χ4n) is 4.54. The fourth-order valence-corrected chi connectivity index (χ4v) is 4.54. The fraction of sp³-hybridized carbons (Fsp3) is 0.500. The lowest BCUT2D eigenvalue weighted by Crippen LogP contribution is -2.36. The second kappa shape index (κ2) is 8.10. The van der Waals surface area contributed by atoms with Gasteiger partial charge in [0.2, 0.25) is 5.91 Å². The first kappa shape index (κ1) is 20.4. The summed E-state index contributed by atoms with van der Waals surface area (Å²) in [6, 6.07) is 8.08. The average Bonchev–Trinajstić information content (AvgIpc) is 3.48. The largest absolute Gasteiger partial charge is 0.497 e. The number of hydrogen-bond donors (Lipinski definition) is 0. The average molecular weight is 412 g/mol. The highest BCUT2D eigenvalue weighted by atomic mass is 16.5. The lowest BCUT2D eigenvalue weighted by Gasteiger charge is -2.24. The molecule has 2 aliphatic rings. The molecule has 1 unspecified atom stereocenters. The van der Waals surface area contributed by atoms with E-state index in [1.165, 1.54) is 22.1 Å². The topological polar surface area (TPSA) is 70.9 Å². The van der Waals surface area contributed by atoms with E-state index >= 15 is 0 Å². The normalized spacial score (nSPS) is 21.4. The number of carbonyl (C=O) groups excluding carboxylic acids is 2. The zero-order valence-electron chi connectivity index (χ0n) is 17.9. The van der Waals surface area contributed by atoms with Crippen molar-refractivity contribution in [3.63, 3.8) is 0 Å². The van der Waals surface area contributed by atoms with Gasteiger partial charge in [0, 0.05) is 45.6 Å². The standard InChI is InChI=1S/C22H29N5O3/c1-17(28)24(2)19-12-23-27(14-19)21(29)26-10-8-22(16-26)7-9-25(15-22)13-18-5-4-6-20(11-18)30-3/h4-6,11-12,14H,7-10,13,15-16H2,1-3H3. The van der Waals surface area contributed by atoms with E-state index in [9.17, 15) is 9.59 Å². The van der Waals surface area contributed by atoms with E-state index in [1.807, 2.05) is 17.0 Å². The molecule has 1 aromatic heterocycles. The van der Waals surface area contributed by atoms with Crippen LogP contribution in [0, 0.1) is 5.41 Å². The Kier molecular flexibility index (Phi) is 5.51. The molecule has 4 rings (SSSR count). The predicted octanol–water partition coefficient (Wildman–Crippen LogP) is 2.44. The van der Waals surface area contributed by atoms with E-state index in [-0.39, 0.29) is 17.4 Å². The van der Waals surface area contributed by atoms with Gasteiger partial charge in [0.05, 0.1) is 25.2 Å².